The summed E-state index contributed by atoms with van der Waals surface area (Å²) in [7, 11) is 1.64. The van der Waals surface area contributed by atoms with Gasteiger partial charge < -0.3 is 9.72 Å². The van der Waals surface area contributed by atoms with E-state index in [1.54, 1.807) is 19.2 Å². The molecule has 0 atom stereocenters. The van der Waals surface area contributed by atoms with Crippen LogP contribution in [-0.2, 0) is 6.54 Å². The monoisotopic (exact) mass is 412 g/mol. The molecule has 0 saturated carbocycles. The number of rotatable bonds is 4. The van der Waals surface area contributed by atoms with Crippen LogP contribution in [0.3, 0.4) is 0 Å². The number of nitriles is 1. The standard InChI is InChI=1S/C23H16N4O2S/c1-29-19-7-6-18-21(17-8-9-30-22(17)23(28)26-18)20(19)16-11-25-27(13-16)12-15-4-2-14(10-24)3-5-15/h2-9,11,13H,12H2,1H3,(H,26,28). The average molecular weight is 412 g/mol. The van der Waals surface area contributed by atoms with Crippen LogP contribution in [0.4, 0.5) is 0 Å². The van der Waals surface area contributed by atoms with Crippen molar-refractivity contribution in [2.75, 3.05) is 7.11 Å². The fourth-order valence-corrected chi connectivity index (χ4v) is 4.53. The number of aromatic amines is 1. The number of H-pyrrole nitrogens is 1. The van der Waals surface area contributed by atoms with Crippen molar-refractivity contribution in [3.8, 4) is 22.9 Å². The van der Waals surface area contributed by atoms with Crippen LogP contribution in [0.5, 0.6) is 5.75 Å². The van der Waals surface area contributed by atoms with E-state index in [9.17, 15) is 4.79 Å². The summed E-state index contributed by atoms with van der Waals surface area (Å²) in [6.07, 6.45) is 3.78. The number of hydrogen-bond donors (Lipinski definition) is 1. The van der Waals surface area contributed by atoms with Crippen LogP contribution in [0.25, 0.3) is 32.1 Å². The zero-order chi connectivity index (χ0) is 20.7. The Bertz CT molecular complexity index is 1490. The highest BCUT2D eigenvalue weighted by molar-refractivity contribution is 7.17. The number of hydrogen-bond acceptors (Lipinski definition) is 5. The number of ether oxygens (including phenoxy) is 1. The highest BCUT2D eigenvalue weighted by Crippen LogP contribution is 2.40. The normalized spacial score (nSPS) is 11.1. The van der Waals surface area contributed by atoms with E-state index in [0.29, 0.717) is 16.8 Å². The van der Waals surface area contributed by atoms with Crippen molar-refractivity contribution in [2.24, 2.45) is 0 Å². The van der Waals surface area contributed by atoms with Crippen molar-refractivity contribution in [3.05, 3.63) is 81.7 Å². The van der Waals surface area contributed by atoms with Crippen LogP contribution >= 0.6 is 11.3 Å². The Labute approximate surface area is 175 Å². The van der Waals surface area contributed by atoms with Crippen LogP contribution in [0.2, 0.25) is 0 Å². The molecule has 0 spiro atoms. The topological polar surface area (TPSA) is 83.7 Å². The van der Waals surface area contributed by atoms with E-state index in [4.69, 9.17) is 10.00 Å². The molecule has 6 nitrogen and oxygen atoms in total. The Hall–Kier alpha value is -3.89. The van der Waals surface area contributed by atoms with Gasteiger partial charge >= 0.3 is 0 Å². The van der Waals surface area contributed by atoms with E-state index < -0.39 is 0 Å². The van der Waals surface area contributed by atoms with E-state index in [-0.39, 0.29) is 5.56 Å². The maximum atomic E-state index is 12.4. The minimum atomic E-state index is -0.0832. The highest BCUT2D eigenvalue weighted by atomic mass is 32.1. The second-order valence-corrected chi connectivity index (χ2v) is 7.83. The van der Waals surface area contributed by atoms with Gasteiger partial charge in [0, 0.05) is 33.6 Å². The third kappa shape index (κ3) is 2.95. The molecule has 3 heterocycles. The first kappa shape index (κ1) is 18.2. The van der Waals surface area contributed by atoms with Gasteiger partial charge in [-0.1, -0.05) is 12.1 Å². The van der Waals surface area contributed by atoms with Crippen molar-refractivity contribution in [1.82, 2.24) is 14.8 Å². The summed E-state index contributed by atoms with van der Waals surface area (Å²) in [5.41, 5.74) is 4.18. The lowest BCUT2D eigenvalue weighted by Crippen LogP contribution is -2.05. The summed E-state index contributed by atoms with van der Waals surface area (Å²) in [4.78, 5) is 15.4. The second-order valence-electron chi connectivity index (χ2n) is 6.92. The van der Waals surface area contributed by atoms with Crippen LogP contribution in [0, 0.1) is 11.3 Å². The molecule has 0 bridgehead atoms. The molecule has 1 N–H and O–H groups in total. The smallest absolute Gasteiger partial charge is 0.266 e. The molecule has 0 aliphatic carbocycles. The van der Waals surface area contributed by atoms with E-state index in [1.807, 2.05) is 52.8 Å². The van der Waals surface area contributed by atoms with Gasteiger partial charge in [-0.25, -0.2) is 0 Å². The average Bonchev–Trinajstić information content (AvgIpc) is 3.44. The van der Waals surface area contributed by atoms with Gasteiger partial charge in [-0.3, -0.25) is 9.48 Å². The molecule has 0 fully saturated rings. The van der Waals surface area contributed by atoms with Crippen molar-refractivity contribution in [2.45, 2.75) is 6.54 Å². The molecule has 30 heavy (non-hydrogen) atoms. The molecule has 5 aromatic rings. The van der Waals surface area contributed by atoms with Gasteiger partial charge in [0.2, 0.25) is 0 Å². The van der Waals surface area contributed by atoms with Gasteiger partial charge in [0.25, 0.3) is 5.56 Å². The minimum absolute atomic E-state index is 0.0832. The summed E-state index contributed by atoms with van der Waals surface area (Å²) in [6.45, 7) is 0.587. The van der Waals surface area contributed by atoms with E-state index in [0.717, 1.165) is 38.7 Å². The van der Waals surface area contributed by atoms with Gasteiger partial charge in [-0.05, 0) is 41.3 Å². The van der Waals surface area contributed by atoms with Gasteiger partial charge in [0.15, 0.2) is 0 Å². The van der Waals surface area contributed by atoms with Crippen molar-refractivity contribution < 1.29 is 4.74 Å². The van der Waals surface area contributed by atoms with Gasteiger partial charge in [-0.15, -0.1) is 11.3 Å². The zero-order valence-electron chi connectivity index (χ0n) is 16.0. The molecule has 0 unspecified atom stereocenters. The third-order valence-corrected chi connectivity index (χ3v) is 6.04. The first-order valence-electron chi connectivity index (χ1n) is 9.30. The Kier molecular flexibility index (Phi) is 4.34. The molecule has 0 saturated heterocycles. The number of fused-ring (bicyclic) bond motifs is 3. The Morgan fingerprint density at radius 2 is 2.03 bits per heavy atom. The van der Waals surface area contributed by atoms with E-state index in [1.165, 1.54) is 11.3 Å². The van der Waals surface area contributed by atoms with Gasteiger partial charge in [-0.2, -0.15) is 10.4 Å². The summed E-state index contributed by atoms with van der Waals surface area (Å²) in [6, 6.07) is 15.3. The predicted molar refractivity (Wildman–Crippen MR) is 118 cm³/mol. The fourth-order valence-electron chi connectivity index (χ4n) is 3.74. The summed E-state index contributed by atoms with van der Waals surface area (Å²) in [5.74, 6) is 0.722. The van der Waals surface area contributed by atoms with Crippen LogP contribution in [0.1, 0.15) is 11.1 Å². The van der Waals surface area contributed by atoms with Crippen LogP contribution in [-0.4, -0.2) is 21.9 Å². The summed E-state index contributed by atoms with van der Waals surface area (Å²) < 4.78 is 8.21. The predicted octanol–water partition coefficient (Wildman–Crippen LogP) is 4.53. The van der Waals surface area contributed by atoms with Crippen molar-refractivity contribution >= 4 is 32.3 Å². The molecule has 3 aromatic heterocycles. The highest BCUT2D eigenvalue weighted by Gasteiger charge is 2.17. The Balaban J connectivity index is 1.65. The molecule has 146 valence electrons. The molecule has 5 rings (SSSR count). The molecule has 2 aromatic carbocycles. The quantitative estimate of drug-likeness (QED) is 0.470. The second kappa shape index (κ2) is 7.17. The van der Waals surface area contributed by atoms with Crippen LogP contribution < -0.4 is 10.3 Å². The van der Waals surface area contributed by atoms with Crippen molar-refractivity contribution in [1.29, 1.82) is 5.26 Å². The molecule has 7 heteroatoms. The molecule has 0 radical (unpaired) electrons. The lowest BCUT2D eigenvalue weighted by atomic mass is 9.99. The number of thiophene rings is 1. The first-order chi connectivity index (χ1) is 14.7. The lowest BCUT2D eigenvalue weighted by molar-refractivity contribution is 0.417. The SMILES string of the molecule is COc1ccc2[nH]c(=O)c3sccc3c2c1-c1cnn(Cc2ccc(C#N)cc2)c1. The maximum Gasteiger partial charge on any atom is 0.266 e. The molecule has 0 amide bonds. The number of nitrogens with one attached hydrogen (secondary N) is 1. The lowest BCUT2D eigenvalue weighted by Gasteiger charge is -2.11. The number of methoxy groups -OCH3 is 1. The molecule has 0 aliphatic heterocycles. The summed E-state index contributed by atoms with van der Waals surface area (Å²) >= 11 is 1.43. The number of aromatic nitrogens is 3. The van der Waals surface area contributed by atoms with Crippen molar-refractivity contribution in [3.63, 3.8) is 0 Å². The van der Waals surface area contributed by atoms with Gasteiger partial charge in [0.1, 0.15) is 10.4 Å². The Morgan fingerprint density at radius 1 is 1.20 bits per heavy atom. The molecule has 0 aliphatic rings. The largest absolute Gasteiger partial charge is 0.496 e. The Morgan fingerprint density at radius 3 is 2.80 bits per heavy atom. The third-order valence-electron chi connectivity index (χ3n) is 5.13. The molecular formula is C23H16N4O2S. The van der Waals surface area contributed by atoms with E-state index in [2.05, 4.69) is 16.2 Å². The number of nitrogens with zero attached hydrogens (tertiary/aromatic N) is 3. The van der Waals surface area contributed by atoms with Crippen LogP contribution in [0.15, 0.2) is 65.0 Å². The maximum absolute atomic E-state index is 12.4. The number of pyridine rings is 1. The fraction of sp³-hybridized carbons (Fsp3) is 0.0870. The van der Waals surface area contributed by atoms with Gasteiger partial charge in [0.05, 0.1) is 31.5 Å². The molecular weight excluding hydrogens is 396 g/mol. The first-order valence-corrected chi connectivity index (χ1v) is 10.2. The zero-order valence-corrected chi connectivity index (χ0v) is 16.9. The summed E-state index contributed by atoms with van der Waals surface area (Å²) in [5, 5.41) is 17.3. The van der Waals surface area contributed by atoms with E-state index >= 15 is 0 Å². The minimum Gasteiger partial charge on any atom is -0.496 e. The number of benzene rings is 2.